The minimum atomic E-state index is 0.0196. The van der Waals surface area contributed by atoms with E-state index in [0.717, 1.165) is 30.9 Å². The lowest BCUT2D eigenvalue weighted by Gasteiger charge is -2.25. The Hall–Kier alpha value is -2.14. The first-order valence-electron chi connectivity index (χ1n) is 8.69. The third-order valence-electron chi connectivity index (χ3n) is 4.69. The lowest BCUT2D eigenvalue weighted by molar-refractivity contribution is 0.0491. The number of carbonyl (C=O) groups is 1. The van der Waals surface area contributed by atoms with Gasteiger partial charge in [-0.3, -0.25) is 9.78 Å². The van der Waals surface area contributed by atoms with E-state index in [1.54, 1.807) is 18.5 Å². The summed E-state index contributed by atoms with van der Waals surface area (Å²) in [5.41, 5.74) is 1.74. The fourth-order valence-electron chi connectivity index (χ4n) is 3.21. The molecule has 5 heteroatoms. The van der Waals surface area contributed by atoms with Crippen LogP contribution in [0.3, 0.4) is 0 Å². The molecule has 2 fully saturated rings. The summed E-state index contributed by atoms with van der Waals surface area (Å²) in [4.78, 5) is 19.3. The quantitative estimate of drug-likeness (QED) is 0.816. The first-order valence-corrected chi connectivity index (χ1v) is 8.69. The molecule has 1 saturated heterocycles. The SMILES string of the molecule is O=C(c1ccnc(C2CC2)c1)N(Cc1ccco1)C[C@@H]1CCCO1. The normalized spacial score (nSPS) is 20.2. The van der Waals surface area contributed by atoms with Gasteiger partial charge in [-0.15, -0.1) is 0 Å². The molecule has 0 unspecified atom stereocenters. The van der Waals surface area contributed by atoms with Crippen LogP contribution in [0.15, 0.2) is 41.1 Å². The summed E-state index contributed by atoms with van der Waals surface area (Å²) in [5.74, 6) is 1.35. The van der Waals surface area contributed by atoms with Gasteiger partial charge in [-0.2, -0.15) is 0 Å². The number of carbonyl (C=O) groups excluding carboxylic acids is 1. The summed E-state index contributed by atoms with van der Waals surface area (Å²) < 4.78 is 11.2. The van der Waals surface area contributed by atoms with Crippen LogP contribution in [-0.2, 0) is 11.3 Å². The van der Waals surface area contributed by atoms with Crippen molar-refractivity contribution < 1.29 is 13.9 Å². The maximum Gasteiger partial charge on any atom is 0.254 e. The van der Waals surface area contributed by atoms with Crippen molar-refractivity contribution in [2.45, 2.75) is 44.2 Å². The Bertz CT molecular complexity index is 688. The number of nitrogens with zero attached hydrogens (tertiary/aromatic N) is 2. The molecule has 1 atom stereocenters. The largest absolute Gasteiger partial charge is 0.467 e. The summed E-state index contributed by atoms with van der Waals surface area (Å²) >= 11 is 0. The van der Waals surface area contributed by atoms with Crippen molar-refractivity contribution in [1.29, 1.82) is 0 Å². The van der Waals surface area contributed by atoms with E-state index in [4.69, 9.17) is 9.15 Å². The van der Waals surface area contributed by atoms with Crippen molar-refractivity contribution in [1.82, 2.24) is 9.88 Å². The third-order valence-corrected chi connectivity index (χ3v) is 4.69. The summed E-state index contributed by atoms with van der Waals surface area (Å²) in [7, 11) is 0. The Balaban J connectivity index is 1.53. The second kappa shape index (κ2) is 6.77. The Labute approximate surface area is 141 Å². The van der Waals surface area contributed by atoms with E-state index < -0.39 is 0 Å². The molecule has 5 nitrogen and oxygen atoms in total. The third kappa shape index (κ3) is 3.51. The molecular weight excluding hydrogens is 304 g/mol. The van der Waals surface area contributed by atoms with E-state index in [9.17, 15) is 4.79 Å². The zero-order valence-electron chi connectivity index (χ0n) is 13.7. The van der Waals surface area contributed by atoms with Crippen LogP contribution in [0.25, 0.3) is 0 Å². The molecule has 24 heavy (non-hydrogen) atoms. The van der Waals surface area contributed by atoms with Gasteiger partial charge in [-0.05, 0) is 49.9 Å². The number of hydrogen-bond acceptors (Lipinski definition) is 4. The number of furan rings is 1. The van der Waals surface area contributed by atoms with Crippen molar-refractivity contribution in [2.75, 3.05) is 13.2 Å². The van der Waals surface area contributed by atoms with Gasteiger partial charge < -0.3 is 14.1 Å². The number of hydrogen-bond donors (Lipinski definition) is 0. The predicted octanol–water partition coefficient (Wildman–Crippen LogP) is 3.37. The molecule has 1 aliphatic heterocycles. The number of amides is 1. The van der Waals surface area contributed by atoms with Gasteiger partial charge in [0.2, 0.25) is 0 Å². The molecule has 0 spiro atoms. The number of rotatable bonds is 6. The van der Waals surface area contributed by atoms with Crippen molar-refractivity contribution in [3.8, 4) is 0 Å². The van der Waals surface area contributed by atoms with Crippen LogP contribution in [0.4, 0.5) is 0 Å². The zero-order chi connectivity index (χ0) is 16.4. The average Bonchev–Trinajstić information content (AvgIpc) is 3.10. The second-order valence-electron chi connectivity index (χ2n) is 6.64. The smallest absolute Gasteiger partial charge is 0.254 e. The molecular formula is C19H22N2O3. The highest BCUT2D eigenvalue weighted by molar-refractivity contribution is 5.94. The van der Waals surface area contributed by atoms with Crippen LogP contribution in [0.2, 0.25) is 0 Å². The molecule has 0 aromatic carbocycles. The monoisotopic (exact) mass is 326 g/mol. The first kappa shape index (κ1) is 15.4. The summed E-state index contributed by atoms with van der Waals surface area (Å²) in [6.07, 6.45) is 7.93. The van der Waals surface area contributed by atoms with E-state index in [2.05, 4.69) is 4.98 Å². The van der Waals surface area contributed by atoms with Gasteiger partial charge in [0.05, 0.1) is 18.9 Å². The molecule has 0 radical (unpaired) electrons. The second-order valence-corrected chi connectivity index (χ2v) is 6.64. The molecule has 2 aromatic rings. The van der Waals surface area contributed by atoms with E-state index >= 15 is 0 Å². The van der Waals surface area contributed by atoms with Crippen LogP contribution in [-0.4, -0.2) is 35.0 Å². The van der Waals surface area contributed by atoms with Crippen LogP contribution in [0.5, 0.6) is 0 Å². The first-order chi connectivity index (χ1) is 11.8. The highest BCUT2D eigenvalue weighted by Crippen LogP contribution is 2.39. The fourth-order valence-corrected chi connectivity index (χ4v) is 3.21. The summed E-state index contributed by atoms with van der Waals surface area (Å²) in [6, 6.07) is 7.50. The fraction of sp³-hybridized carbons (Fsp3) is 0.474. The van der Waals surface area contributed by atoms with Crippen LogP contribution < -0.4 is 0 Å². The molecule has 1 saturated carbocycles. The minimum absolute atomic E-state index is 0.0196. The van der Waals surface area contributed by atoms with Gasteiger partial charge in [-0.25, -0.2) is 0 Å². The summed E-state index contributed by atoms with van der Waals surface area (Å²) in [5, 5.41) is 0. The van der Waals surface area contributed by atoms with Crippen molar-refractivity contribution >= 4 is 5.91 Å². The van der Waals surface area contributed by atoms with Crippen molar-refractivity contribution in [2.24, 2.45) is 0 Å². The van der Waals surface area contributed by atoms with Crippen LogP contribution in [0.1, 0.15) is 53.4 Å². The molecule has 1 amide bonds. The Kier molecular flexibility index (Phi) is 4.34. The topological polar surface area (TPSA) is 55.6 Å². The van der Waals surface area contributed by atoms with Gasteiger partial charge in [0.15, 0.2) is 0 Å². The number of aromatic nitrogens is 1. The summed E-state index contributed by atoms with van der Waals surface area (Å²) in [6.45, 7) is 1.85. The molecule has 2 aromatic heterocycles. The van der Waals surface area contributed by atoms with Gasteiger partial charge in [0.1, 0.15) is 5.76 Å². The van der Waals surface area contributed by atoms with E-state index in [1.807, 2.05) is 23.1 Å². The molecule has 3 heterocycles. The van der Waals surface area contributed by atoms with E-state index in [-0.39, 0.29) is 12.0 Å². The lowest BCUT2D eigenvalue weighted by Crippen LogP contribution is -2.37. The van der Waals surface area contributed by atoms with Crippen molar-refractivity contribution in [3.63, 3.8) is 0 Å². The Morgan fingerprint density at radius 3 is 2.92 bits per heavy atom. The van der Waals surface area contributed by atoms with E-state index in [1.165, 1.54) is 12.8 Å². The highest BCUT2D eigenvalue weighted by Gasteiger charge is 2.28. The van der Waals surface area contributed by atoms with Gasteiger partial charge in [-0.1, -0.05) is 0 Å². The molecule has 0 N–H and O–H groups in total. The van der Waals surface area contributed by atoms with Crippen molar-refractivity contribution in [3.05, 3.63) is 53.7 Å². The zero-order valence-corrected chi connectivity index (χ0v) is 13.7. The minimum Gasteiger partial charge on any atom is -0.467 e. The Morgan fingerprint density at radius 1 is 1.29 bits per heavy atom. The molecule has 1 aliphatic carbocycles. The molecule has 2 aliphatic rings. The van der Waals surface area contributed by atoms with Crippen LogP contribution in [0, 0.1) is 0 Å². The van der Waals surface area contributed by atoms with Gasteiger partial charge >= 0.3 is 0 Å². The number of pyridine rings is 1. The lowest BCUT2D eigenvalue weighted by atomic mass is 10.1. The maximum absolute atomic E-state index is 13.1. The maximum atomic E-state index is 13.1. The predicted molar refractivity (Wildman–Crippen MR) is 88.6 cm³/mol. The molecule has 126 valence electrons. The number of ether oxygens (including phenoxy) is 1. The van der Waals surface area contributed by atoms with Gasteiger partial charge in [0, 0.05) is 36.5 Å². The average molecular weight is 326 g/mol. The van der Waals surface area contributed by atoms with E-state index in [0.29, 0.717) is 24.6 Å². The molecule has 0 bridgehead atoms. The Morgan fingerprint density at radius 2 is 2.21 bits per heavy atom. The molecule has 4 rings (SSSR count). The van der Waals surface area contributed by atoms with Crippen LogP contribution >= 0.6 is 0 Å². The van der Waals surface area contributed by atoms with Gasteiger partial charge in [0.25, 0.3) is 5.91 Å². The highest BCUT2D eigenvalue weighted by atomic mass is 16.5. The standard InChI is InChI=1S/C19H22N2O3/c22-19(15-7-8-20-18(11-15)14-5-6-14)21(12-16-3-1-9-23-16)13-17-4-2-10-24-17/h1,3,7-9,11,14,17H,2,4-6,10,12-13H2/t17-/m0/s1.